The van der Waals surface area contributed by atoms with Gasteiger partial charge in [0.2, 0.25) is 5.72 Å². The molecule has 2 aliphatic rings. The summed E-state index contributed by atoms with van der Waals surface area (Å²) < 4.78 is 10.5. The predicted molar refractivity (Wildman–Crippen MR) is 58.5 cm³/mol. The molecule has 4 atom stereocenters. The molecule has 2 aliphatic carbocycles. The highest BCUT2D eigenvalue weighted by Crippen LogP contribution is 2.54. The molecule has 96 valence electrons. The Bertz CT molecular complexity index is 356. The van der Waals surface area contributed by atoms with Crippen LogP contribution < -0.4 is 11.5 Å². The Labute approximate surface area is 99.6 Å². The summed E-state index contributed by atoms with van der Waals surface area (Å²) in [7, 11) is 0. The summed E-state index contributed by atoms with van der Waals surface area (Å²) in [5.74, 6) is -0.803. The van der Waals surface area contributed by atoms with Crippen molar-refractivity contribution in [2.45, 2.75) is 50.5 Å². The molecule has 4 N–H and O–H groups in total. The molecule has 0 aliphatic heterocycles. The van der Waals surface area contributed by atoms with Crippen LogP contribution in [-0.2, 0) is 19.1 Å². The van der Waals surface area contributed by atoms with E-state index < -0.39 is 29.3 Å². The van der Waals surface area contributed by atoms with Crippen LogP contribution >= 0.6 is 0 Å². The van der Waals surface area contributed by atoms with Crippen molar-refractivity contribution in [3.8, 4) is 0 Å². The smallest absolute Gasteiger partial charge is 0.304 e. The quantitative estimate of drug-likeness (QED) is 0.506. The van der Waals surface area contributed by atoms with Crippen molar-refractivity contribution in [3.63, 3.8) is 0 Å². The molecule has 0 aromatic carbocycles. The van der Waals surface area contributed by atoms with E-state index in [1.807, 2.05) is 0 Å². The number of hydrogen-bond donors (Lipinski definition) is 2. The van der Waals surface area contributed by atoms with Crippen LogP contribution in [0.5, 0.6) is 0 Å². The Hall–Kier alpha value is -1.14. The molecule has 6 nitrogen and oxygen atoms in total. The number of fused-ring (bicyclic) bond motifs is 2. The number of nitrogens with two attached hydrogens (primary N) is 2. The zero-order valence-electron chi connectivity index (χ0n) is 10.1. The van der Waals surface area contributed by atoms with Crippen molar-refractivity contribution in [2.24, 2.45) is 17.4 Å². The van der Waals surface area contributed by atoms with Gasteiger partial charge in [0.25, 0.3) is 0 Å². The van der Waals surface area contributed by atoms with E-state index in [2.05, 4.69) is 0 Å². The van der Waals surface area contributed by atoms with E-state index >= 15 is 0 Å². The van der Waals surface area contributed by atoms with Crippen LogP contribution in [0.25, 0.3) is 0 Å². The van der Waals surface area contributed by atoms with Crippen molar-refractivity contribution < 1.29 is 19.1 Å². The van der Waals surface area contributed by atoms with Gasteiger partial charge in [-0.2, -0.15) is 0 Å². The van der Waals surface area contributed by atoms with Gasteiger partial charge in [-0.15, -0.1) is 0 Å². The van der Waals surface area contributed by atoms with E-state index in [0.717, 1.165) is 6.42 Å². The van der Waals surface area contributed by atoms with Crippen LogP contribution in [0.2, 0.25) is 0 Å². The highest BCUT2D eigenvalue weighted by molar-refractivity contribution is 5.68. The lowest BCUT2D eigenvalue weighted by atomic mass is 9.84. The minimum atomic E-state index is -1.40. The van der Waals surface area contributed by atoms with Crippen molar-refractivity contribution >= 4 is 11.9 Å². The van der Waals surface area contributed by atoms with E-state index in [0.29, 0.717) is 12.8 Å². The van der Waals surface area contributed by atoms with Gasteiger partial charge in [0.05, 0.1) is 6.04 Å². The van der Waals surface area contributed by atoms with E-state index in [1.54, 1.807) is 0 Å². The second-order valence-corrected chi connectivity index (χ2v) is 5.00. The Morgan fingerprint density at radius 2 is 1.82 bits per heavy atom. The van der Waals surface area contributed by atoms with Crippen molar-refractivity contribution in [3.05, 3.63) is 0 Å². The highest BCUT2D eigenvalue weighted by Gasteiger charge is 2.69. The van der Waals surface area contributed by atoms with Crippen LogP contribution in [-0.4, -0.2) is 29.3 Å². The molecular formula is C11H18N2O4. The summed E-state index contributed by atoms with van der Waals surface area (Å²) in [6.07, 6.45) is 2.00. The lowest BCUT2D eigenvalue weighted by Gasteiger charge is -2.44. The average Bonchev–Trinajstić information content (AvgIpc) is 2.65. The second kappa shape index (κ2) is 3.68. The third-order valence-electron chi connectivity index (χ3n) is 3.88. The minimum absolute atomic E-state index is 0.138. The first-order valence-corrected chi connectivity index (χ1v) is 5.74. The summed E-state index contributed by atoms with van der Waals surface area (Å²) >= 11 is 0. The van der Waals surface area contributed by atoms with Crippen LogP contribution in [0.3, 0.4) is 0 Å². The monoisotopic (exact) mass is 242 g/mol. The predicted octanol–water partition coefficient (Wildman–Crippen LogP) is -0.353. The Kier molecular flexibility index (Phi) is 2.67. The molecule has 0 heterocycles. The molecular weight excluding hydrogens is 224 g/mol. The lowest BCUT2D eigenvalue weighted by Crippen LogP contribution is -2.69. The fourth-order valence-electron chi connectivity index (χ4n) is 3.21. The van der Waals surface area contributed by atoms with E-state index in [-0.39, 0.29) is 5.92 Å². The molecule has 2 saturated carbocycles. The summed E-state index contributed by atoms with van der Waals surface area (Å²) in [4.78, 5) is 22.4. The Morgan fingerprint density at radius 1 is 1.24 bits per heavy atom. The van der Waals surface area contributed by atoms with Crippen molar-refractivity contribution in [1.29, 1.82) is 0 Å². The van der Waals surface area contributed by atoms with Gasteiger partial charge in [-0.25, -0.2) is 0 Å². The summed E-state index contributed by atoms with van der Waals surface area (Å²) in [5.41, 5.74) is 9.80. The van der Waals surface area contributed by atoms with Gasteiger partial charge < -0.3 is 15.2 Å². The number of ether oxygens (including phenoxy) is 2. The van der Waals surface area contributed by atoms with Gasteiger partial charge in [0.1, 0.15) is 0 Å². The van der Waals surface area contributed by atoms with Crippen LogP contribution in [0, 0.1) is 5.92 Å². The number of carbonyl (C=O) groups excluding carboxylic acids is 2. The Morgan fingerprint density at radius 3 is 2.35 bits per heavy atom. The van der Waals surface area contributed by atoms with E-state index in [1.165, 1.54) is 13.8 Å². The SMILES string of the molecule is CC(=O)OC12CCC(C1)C(N)C2(N)OC(C)=O. The average molecular weight is 242 g/mol. The zero-order valence-corrected chi connectivity index (χ0v) is 10.1. The molecule has 0 aromatic heterocycles. The number of hydrogen-bond acceptors (Lipinski definition) is 6. The Balaban J connectivity index is 2.34. The molecule has 2 rings (SSSR count). The summed E-state index contributed by atoms with van der Waals surface area (Å²) in [5, 5.41) is 0. The number of rotatable bonds is 2. The van der Waals surface area contributed by atoms with E-state index in [9.17, 15) is 9.59 Å². The fourth-order valence-corrected chi connectivity index (χ4v) is 3.21. The van der Waals surface area contributed by atoms with E-state index in [4.69, 9.17) is 20.9 Å². The highest BCUT2D eigenvalue weighted by atomic mass is 16.6. The maximum Gasteiger partial charge on any atom is 0.304 e. The standard InChI is InChI=1S/C11H18N2O4/c1-6(14)16-10-4-3-8(5-10)9(12)11(10,13)17-7(2)15/h8-9H,3-5,12-13H2,1-2H3. The second-order valence-electron chi connectivity index (χ2n) is 5.00. The first kappa shape index (κ1) is 12.3. The van der Waals surface area contributed by atoms with Gasteiger partial charge in [0.15, 0.2) is 5.60 Å². The molecule has 0 aromatic rings. The molecule has 0 radical (unpaired) electrons. The number of carbonyl (C=O) groups is 2. The van der Waals surface area contributed by atoms with Crippen molar-refractivity contribution in [1.82, 2.24) is 0 Å². The maximum atomic E-state index is 11.2. The summed E-state index contributed by atoms with van der Waals surface area (Å²) in [6, 6.07) is -0.487. The van der Waals surface area contributed by atoms with Gasteiger partial charge in [0, 0.05) is 13.8 Å². The molecule has 2 fully saturated rings. The van der Waals surface area contributed by atoms with Gasteiger partial charge in [-0.1, -0.05) is 0 Å². The van der Waals surface area contributed by atoms with Crippen molar-refractivity contribution in [2.75, 3.05) is 0 Å². The van der Waals surface area contributed by atoms with Crippen LogP contribution in [0.4, 0.5) is 0 Å². The molecule has 6 heteroatoms. The largest absolute Gasteiger partial charge is 0.453 e. The van der Waals surface area contributed by atoms with Gasteiger partial charge >= 0.3 is 11.9 Å². The molecule has 0 saturated heterocycles. The molecule has 4 unspecified atom stereocenters. The van der Waals surface area contributed by atoms with Crippen LogP contribution in [0.1, 0.15) is 33.1 Å². The fraction of sp³-hybridized carbons (Fsp3) is 0.818. The molecule has 17 heavy (non-hydrogen) atoms. The summed E-state index contributed by atoms with van der Waals surface area (Å²) in [6.45, 7) is 2.59. The molecule has 0 spiro atoms. The zero-order chi connectivity index (χ0) is 12.8. The maximum absolute atomic E-state index is 11.2. The first-order valence-electron chi connectivity index (χ1n) is 5.74. The minimum Gasteiger partial charge on any atom is -0.453 e. The third kappa shape index (κ3) is 1.63. The number of esters is 2. The van der Waals surface area contributed by atoms with Crippen LogP contribution in [0.15, 0.2) is 0 Å². The van der Waals surface area contributed by atoms with Gasteiger partial charge in [-0.05, 0) is 25.2 Å². The van der Waals surface area contributed by atoms with Gasteiger partial charge in [-0.3, -0.25) is 15.3 Å². The molecule has 2 bridgehead atoms. The first-order chi connectivity index (χ1) is 7.81. The third-order valence-corrected chi connectivity index (χ3v) is 3.88. The topological polar surface area (TPSA) is 105 Å². The lowest BCUT2D eigenvalue weighted by molar-refractivity contribution is -0.208. The normalized spacial score (nSPS) is 43.5. The molecule has 0 amide bonds.